The van der Waals surface area contributed by atoms with Gasteiger partial charge in [-0.3, -0.25) is 0 Å². The Bertz CT molecular complexity index is 830. The van der Waals surface area contributed by atoms with Gasteiger partial charge in [0, 0.05) is 15.8 Å². The summed E-state index contributed by atoms with van der Waals surface area (Å²) in [5.74, 6) is 0.685. The quantitative estimate of drug-likeness (QED) is 0.475. The fourth-order valence-corrected chi connectivity index (χ4v) is 3.32. The Balaban J connectivity index is 2.30. The fraction of sp³-hybridized carbons (Fsp3) is 0.176. The average Bonchev–Trinajstić information content (AvgIpc) is 2.48. The third kappa shape index (κ3) is 2.63. The van der Waals surface area contributed by atoms with E-state index in [1.54, 1.807) is 11.8 Å². The van der Waals surface area contributed by atoms with Gasteiger partial charge in [-0.25, -0.2) is 9.97 Å². The van der Waals surface area contributed by atoms with Gasteiger partial charge in [0.2, 0.25) is 0 Å². The average molecular weight is 315 g/mol. The van der Waals surface area contributed by atoms with Gasteiger partial charge < -0.3 is 0 Å². The van der Waals surface area contributed by atoms with Gasteiger partial charge in [0.25, 0.3) is 0 Å². The summed E-state index contributed by atoms with van der Waals surface area (Å²) in [5.41, 5.74) is 4.24. The van der Waals surface area contributed by atoms with Gasteiger partial charge in [-0.2, -0.15) is 0 Å². The number of aryl methyl sites for hydroxylation is 2. The molecule has 0 amide bonds. The maximum Gasteiger partial charge on any atom is 0.162 e. The molecule has 0 saturated heterocycles. The Labute approximate surface area is 133 Å². The highest BCUT2D eigenvalue weighted by molar-refractivity contribution is 7.98. The number of nitrogens with zero attached hydrogens (tertiary/aromatic N) is 2. The van der Waals surface area contributed by atoms with E-state index in [4.69, 9.17) is 16.6 Å². The number of hydrogen-bond donors (Lipinski definition) is 0. The first-order valence-electron chi connectivity index (χ1n) is 6.68. The molecule has 0 aliphatic heterocycles. The molecule has 0 saturated carbocycles. The molecule has 3 rings (SSSR count). The van der Waals surface area contributed by atoms with Crippen molar-refractivity contribution in [1.82, 2.24) is 9.97 Å². The first kappa shape index (κ1) is 14.4. The van der Waals surface area contributed by atoms with Crippen molar-refractivity contribution >= 4 is 34.3 Å². The van der Waals surface area contributed by atoms with E-state index in [0.29, 0.717) is 11.0 Å². The molecule has 106 valence electrons. The summed E-state index contributed by atoms with van der Waals surface area (Å²) in [5, 5.41) is 1.43. The summed E-state index contributed by atoms with van der Waals surface area (Å²) < 4.78 is 0. The minimum atomic E-state index is 0.512. The van der Waals surface area contributed by atoms with Crippen LogP contribution in [0.25, 0.3) is 22.3 Å². The molecule has 0 bridgehead atoms. The Morgan fingerprint density at radius 2 is 1.81 bits per heavy atom. The fourth-order valence-electron chi connectivity index (χ4n) is 2.50. The third-order valence-electron chi connectivity index (χ3n) is 3.44. The third-order valence-corrected chi connectivity index (χ3v) is 4.52. The summed E-state index contributed by atoms with van der Waals surface area (Å²) in [6, 6.07) is 12.3. The SMILES string of the molecule is CSc1ccccc1-c1nc(Cl)c2cc(C)cc(C)c2n1. The predicted octanol–water partition coefficient (Wildman–Crippen LogP) is 5.29. The van der Waals surface area contributed by atoms with Crippen molar-refractivity contribution in [3.8, 4) is 11.4 Å². The van der Waals surface area contributed by atoms with E-state index >= 15 is 0 Å². The first-order chi connectivity index (χ1) is 10.1. The maximum atomic E-state index is 6.39. The minimum Gasteiger partial charge on any atom is -0.228 e. The predicted molar refractivity (Wildman–Crippen MR) is 91.2 cm³/mol. The molecule has 0 N–H and O–H groups in total. The lowest BCUT2D eigenvalue weighted by molar-refractivity contribution is 1.19. The van der Waals surface area contributed by atoms with Crippen molar-refractivity contribution in [2.45, 2.75) is 18.7 Å². The molecule has 0 fully saturated rings. The van der Waals surface area contributed by atoms with E-state index < -0.39 is 0 Å². The molecule has 0 unspecified atom stereocenters. The molecule has 0 atom stereocenters. The molecule has 21 heavy (non-hydrogen) atoms. The van der Waals surface area contributed by atoms with Gasteiger partial charge in [0.15, 0.2) is 5.82 Å². The topological polar surface area (TPSA) is 25.8 Å². The van der Waals surface area contributed by atoms with Crippen LogP contribution in [0.4, 0.5) is 0 Å². The van der Waals surface area contributed by atoms with Gasteiger partial charge in [0.1, 0.15) is 5.15 Å². The zero-order valence-corrected chi connectivity index (χ0v) is 13.7. The highest BCUT2D eigenvalue weighted by Gasteiger charge is 2.12. The molecule has 1 aromatic heterocycles. The number of thioether (sulfide) groups is 1. The largest absolute Gasteiger partial charge is 0.228 e. The zero-order valence-electron chi connectivity index (χ0n) is 12.1. The molecule has 1 heterocycles. The molecule has 4 heteroatoms. The standard InChI is InChI=1S/C17H15ClN2S/c1-10-8-11(2)15-13(9-10)16(18)20-17(19-15)12-6-4-5-7-14(12)21-3/h4-9H,1-3H3. The molecule has 0 radical (unpaired) electrons. The van der Waals surface area contributed by atoms with Gasteiger partial charge >= 0.3 is 0 Å². The molecular formula is C17H15ClN2S. The van der Waals surface area contributed by atoms with Crippen LogP contribution in [0.2, 0.25) is 5.15 Å². The number of aromatic nitrogens is 2. The Hall–Kier alpha value is -1.58. The van der Waals surface area contributed by atoms with Crippen molar-refractivity contribution in [1.29, 1.82) is 0 Å². The van der Waals surface area contributed by atoms with Crippen molar-refractivity contribution in [2.24, 2.45) is 0 Å². The Morgan fingerprint density at radius 1 is 1.05 bits per heavy atom. The monoisotopic (exact) mass is 314 g/mol. The summed E-state index contributed by atoms with van der Waals surface area (Å²) in [7, 11) is 0. The van der Waals surface area contributed by atoms with E-state index in [1.807, 2.05) is 24.3 Å². The molecular weight excluding hydrogens is 300 g/mol. The zero-order chi connectivity index (χ0) is 15.0. The van der Waals surface area contributed by atoms with Crippen molar-refractivity contribution in [3.05, 3.63) is 52.7 Å². The normalized spacial score (nSPS) is 11.0. The molecule has 0 aliphatic carbocycles. The van der Waals surface area contributed by atoms with E-state index in [1.165, 1.54) is 5.56 Å². The number of benzene rings is 2. The van der Waals surface area contributed by atoms with E-state index in [0.717, 1.165) is 26.9 Å². The lowest BCUT2D eigenvalue weighted by Crippen LogP contribution is -1.95. The smallest absolute Gasteiger partial charge is 0.162 e. The van der Waals surface area contributed by atoms with Crippen molar-refractivity contribution < 1.29 is 0 Å². The van der Waals surface area contributed by atoms with Gasteiger partial charge in [-0.05, 0) is 37.8 Å². The molecule has 3 aromatic rings. The minimum absolute atomic E-state index is 0.512. The summed E-state index contributed by atoms with van der Waals surface area (Å²) in [6.07, 6.45) is 2.05. The number of halogens is 1. The van der Waals surface area contributed by atoms with Crippen LogP contribution in [-0.2, 0) is 0 Å². The van der Waals surface area contributed by atoms with Gasteiger partial charge in [-0.15, -0.1) is 11.8 Å². The Kier molecular flexibility index (Phi) is 3.87. The van der Waals surface area contributed by atoms with Crippen LogP contribution in [0.3, 0.4) is 0 Å². The van der Waals surface area contributed by atoms with Crippen molar-refractivity contribution in [3.63, 3.8) is 0 Å². The molecule has 0 spiro atoms. The first-order valence-corrected chi connectivity index (χ1v) is 8.28. The number of hydrogen-bond acceptors (Lipinski definition) is 3. The van der Waals surface area contributed by atoms with Gasteiger partial charge in [0.05, 0.1) is 5.52 Å². The lowest BCUT2D eigenvalue weighted by atomic mass is 10.1. The molecule has 0 aliphatic rings. The van der Waals surface area contributed by atoms with Crippen LogP contribution in [0.15, 0.2) is 41.3 Å². The van der Waals surface area contributed by atoms with Crippen LogP contribution >= 0.6 is 23.4 Å². The van der Waals surface area contributed by atoms with Crippen molar-refractivity contribution in [2.75, 3.05) is 6.26 Å². The molecule has 2 nitrogen and oxygen atoms in total. The number of rotatable bonds is 2. The van der Waals surface area contributed by atoms with E-state index in [2.05, 4.69) is 37.2 Å². The summed E-state index contributed by atoms with van der Waals surface area (Å²) >= 11 is 8.08. The highest BCUT2D eigenvalue weighted by Crippen LogP contribution is 2.32. The van der Waals surface area contributed by atoms with Crippen LogP contribution in [0.5, 0.6) is 0 Å². The second kappa shape index (κ2) is 5.66. The summed E-state index contributed by atoms with van der Waals surface area (Å²) in [6.45, 7) is 4.11. The van der Waals surface area contributed by atoms with Crippen LogP contribution < -0.4 is 0 Å². The Morgan fingerprint density at radius 3 is 2.57 bits per heavy atom. The molecule has 2 aromatic carbocycles. The maximum absolute atomic E-state index is 6.39. The van der Waals surface area contributed by atoms with Crippen LogP contribution in [0, 0.1) is 13.8 Å². The highest BCUT2D eigenvalue weighted by atomic mass is 35.5. The second-order valence-electron chi connectivity index (χ2n) is 5.02. The van der Waals surface area contributed by atoms with E-state index in [-0.39, 0.29) is 0 Å². The number of fused-ring (bicyclic) bond motifs is 1. The van der Waals surface area contributed by atoms with Crippen LogP contribution in [-0.4, -0.2) is 16.2 Å². The summed E-state index contributed by atoms with van der Waals surface area (Å²) in [4.78, 5) is 10.4. The second-order valence-corrected chi connectivity index (χ2v) is 6.22. The van der Waals surface area contributed by atoms with Crippen LogP contribution in [0.1, 0.15) is 11.1 Å². The van der Waals surface area contributed by atoms with Gasteiger partial charge in [-0.1, -0.05) is 41.4 Å². The van der Waals surface area contributed by atoms with E-state index in [9.17, 15) is 0 Å². The lowest BCUT2D eigenvalue weighted by Gasteiger charge is -2.10.